The number of nitrogens with zero attached hydrogens (tertiary/aromatic N) is 3. The minimum absolute atomic E-state index is 0.0485. The summed E-state index contributed by atoms with van der Waals surface area (Å²) in [6.07, 6.45) is 1.75. The number of hydrogen-bond donors (Lipinski definition) is 1. The molecule has 1 N–H and O–H groups in total. The van der Waals surface area contributed by atoms with Crippen molar-refractivity contribution < 1.29 is 22.8 Å². The van der Waals surface area contributed by atoms with Crippen LogP contribution in [0.15, 0.2) is 36.5 Å². The van der Waals surface area contributed by atoms with Crippen molar-refractivity contribution in [2.24, 2.45) is 5.92 Å². The molecule has 0 bridgehead atoms. The molecule has 0 unspecified atom stereocenters. The first-order valence-corrected chi connectivity index (χ1v) is 11.0. The smallest absolute Gasteiger partial charge is 0.320 e. The summed E-state index contributed by atoms with van der Waals surface area (Å²) >= 11 is 0. The maximum atomic E-state index is 13.0. The number of carbonyl (C=O) groups excluding carboxylic acids is 2. The lowest BCUT2D eigenvalue weighted by atomic mass is 9.87. The molecule has 1 aliphatic rings. The van der Waals surface area contributed by atoms with Crippen molar-refractivity contribution in [1.82, 2.24) is 14.8 Å². The van der Waals surface area contributed by atoms with E-state index in [-0.39, 0.29) is 23.6 Å². The van der Waals surface area contributed by atoms with Crippen molar-refractivity contribution in [1.29, 1.82) is 0 Å². The predicted octanol–water partition coefficient (Wildman–Crippen LogP) is 5.76. The number of anilines is 1. The van der Waals surface area contributed by atoms with Crippen LogP contribution in [-0.4, -0.2) is 27.0 Å². The topological polar surface area (TPSA) is 76.9 Å². The number of fused-ring (bicyclic) bond motifs is 1. The summed E-state index contributed by atoms with van der Waals surface area (Å²) in [6, 6.07) is 7.18. The Hall–Kier alpha value is -3.23. The first kappa shape index (κ1) is 22.9. The number of benzene rings is 1. The fraction of sp³-hybridized carbons (Fsp3) is 0.417. The monoisotopic (exact) mass is 458 g/mol. The number of carbonyl (C=O) groups is 2. The van der Waals surface area contributed by atoms with Crippen LogP contribution >= 0.6 is 0 Å². The lowest BCUT2D eigenvalue weighted by Crippen LogP contribution is -2.19. The van der Waals surface area contributed by atoms with Gasteiger partial charge in [0.15, 0.2) is 0 Å². The Labute approximate surface area is 189 Å². The molecular formula is C24H25F3N4O2. The normalized spacial score (nSPS) is 19.1. The summed E-state index contributed by atoms with van der Waals surface area (Å²) in [7, 11) is 0. The average Bonchev–Trinajstić information content (AvgIpc) is 3.21. The second kappa shape index (κ2) is 8.96. The molecule has 0 saturated heterocycles. The van der Waals surface area contributed by atoms with Crippen LogP contribution in [0, 0.1) is 5.92 Å². The van der Waals surface area contributed by atoms with Crippen molar-refractivity contribution in [2.45, 2.75) is 57.7 Å². The molecule has 9 heteroatoms. The number of halogens is 3. The molecular weight excluding hydrogens is 433 g/mol. The molecule has 33 heavy (non-hydrogen) atoms. The molecule has 4 rings (SSSR count). The third-order valence-corrected chi connectivity index (χ3v) is 6.14. The van der Waals surface area contributed by atoms with Gasteiger partial charge in [-0.25, -0.2) is 4.98 Å². The summed E-state index contributed by atoms with van der Waals surface area (Å²) in [5.74, 6) is -0.542. The second-order valence-corrected chi connectivity index (χ2v) is 8.83. The number of hydrogen-bond acceptors (Lipinski definition) is 4. The van der Waals surface area contributed by atoms with E-state index in [2.05, 4.69) is 10.3 Å². The number of alkyl halides is 3. The number of aromatic nitrogens is 3. The molecule has 1 saturated carbocycles. The Morgan fingerprint density at radius 3 is 2.55 bits per heavy atom. The molecule has 1 aromatic carbocycles. The van der Waals surface area contributed by atoms with Gasteiger partial charge in [0.25, 0.3) is 5.91 Å². The van der Waals surface area contributed by atoms with E-state index in [4.69, 9.17) is 5.10 Å². The number of amides is 1. The van der Waals surface area contributed by atoms with E-state index in [9.17, 15) is 22.8 Å². The van der Waals surface area contributed by atoms with Crippen LogP contribution in [0.25, 0.3) is 10.9 Å². The molecule has 1 amide bonds. The third kappa shape index (κ3) is 4.91. The molecule has 2 heterocycles. The predicted molar refractivity (Wildman–Crippen MR) is 118 cm³/mol. The number of rotatable bonds is 5. The minimum atomic E-state index is -4.63. The lowest BCUT2D eigenvalue weighted by Gasteiger charge is -2.25. The van der Waals surface area contributed by atoms with Crippen LogP contribution < -0.4 is 5.32 Å². The number of aldehydes is 1. The van der Waals surface area contributed by atoms with Crippen LogP contribution in [0.4, 0.5) is 18.9 Å². The van der Waals surface area contributed by atoms with E-state index < -0.39 is 17.8 Å². The van der Waals surface area contributed by atoms with Gasteiger partial charge in [0.2, 0.25) is 0 Å². The summed E-state index contributed by atoms with van der Waals surface area (Å²) < 4.78 is 40.9. The second-order valence-electron chi connectivity index (χ2n) is 8.83. The minimum Gasteiger partial charge on any atom is -0.320 e. The van der Waals surface area contributed by atoms with Gasteiger partial charge >= 0.3 is 6.18 Å². The molecule has 0 radical (unpaired) electrons. The zero-order valence-electron chi connectivity index (χ0n) is 18.4. The van der Waals surface area contributed by atoms with Gasteiger partial charge in [0, 0.05) is 23.2 Å². The molecule has 0 aliphatic heterocycles. The number of pyridine rings is 1. The van der Waals surface area contributed by atoms with E-state index >= 15 is 0 Å². The van der Waals surface area contributed by atoms with E-state index in [0.717, 1.165) is 54.5 Å². The molecule has 3 aromatic rings. The molecule has 174 valence electrons. The van der Waals surface area contributed by atoms with Crippen molar-refractivity contribution in [3.63, 3.8) is 0 Å². The van der Waals surface area contributed by atoms with E-state index in [0.29, 0.717) is 5.69 Å². The van der Waals surface area contributed by atoms with Crippen molar-refractivity contribution in [2.75, 3.05) is 5.32 Å². The fourth-order valence-electron chi connectivity index (χ4n) is 4.29. The Bertz CT molecular complexity index is 1180. The van der Waals surface area contributed by atoms with Crippen LogP contribution in [0.5, 0.6) is 0 Å². The lowest BCUT2D eigenvalue weighted by molar-refractivity contribution is -0.141. The SMILES string of the molecule is CC(C)c1cc2nn(C3CCC(C=O)CC3)cc2cc1NC(=O)c1cccc(C(F)(F)F)n1. The van der Waals surface area contributed by atoms with Gasteiger partial charge in [-0.1, -0.05) is 19.9 Å². The van der Waals surface area contributed by atoms with Crippen LogP contribution in [0.3, 0.4) is 0 Å². The zero-order chi connectivity index (χ0) is 23.8. The van der Waals surface area contributed by atoms with E-state index in [1.807, 2.05) is 30.8 Å². The van der Waals surface area contributed by atoms with Gasteiger partial charge in [-0.15, -0.1) is 0 Å². The molecule has 0 atom stereocenters. The summed E-state index contributed by atoms with van der Waals surface area (Å²) in [4.78, 5) is 27.2. The molecule has 6 nitrogen and oxygen atoms in total. The average molecular weight is 458 g/mol. The summed E-state index contributed by atoms with van der Waals surface area (Å²) in [6.45, 7) is 3.94. The first-order chi connectivity index (χ1) is 15.7. The van der Waals surface area contributed by atoms with Crippen LogP contribution in [0.2, 0.25) is 0 Å². The quantitative estimate of drug-likeness (QED) is 0.494. The van der Waals surface area contributed by atoms with Crippen molar-refractivity contribution in [3.8, 4) is 0 Å². The van der Waals surface area contributed by atoms with E-state index in [1.165, 1.54) is 12.1 Å². The standard InChI is InChI=1S/C24H25F3N4O2/c1-14(2)18-11-20-16(12-31(30-20)17-8-6-15(13-32)7-9-17)10-21(18)29-23(33)19-4-3-5-22(28-19)24(25,26)27/h3-5,10-15,17H,6-9H2,1-2H3,(H,29,33). The Balaban J connectivity index is 1.62. The van der Waals surface area contributed by atoms with Crippen LogP contribution in [-0.2, 0) is 11.0 Å². The highest BCUT2D eigenvalue weighted by Gasteiger charge is 2.33. The molecule has 1 aliphatic carbocycles. The van der Waals surface area contributed by atoms with Gasteiger partial charge in [0.1, 0.15) is 17.7 Å². The maximum absolute atomic E-state index is 13.0. The fourth-order valence-corrected chi connectivity index (χ4v) is 4.29. The van der Waals surface area contributed by atoms with E-state index in [1.54, 1.807) is 6.07 Å². The maximum Gasteiger partial charge on any atom is 0.433 e. The number of nitrogens with one attached hydrogen (secondary N) is 1. The Morgan fingerprint density at radius 1 is 1.18 bits per heavy atom. The van der Waals surface area contributed by atoms with Crippen LogP contribution in [0.1, 0.15) is 73.2 Å². The highest BCUT2D eigenvalue weighted by atomic mass is 19.4. The molecule has 0 spiro atoms. The van der Waals surface area contributed by atoms with Gasteiger partial charge in [-0.3, -0.25) is 9.48 Å². The largest absolute Gasteiger partial charge is 0.433 e. The Morgan fingerprint density at radius 2 is 1.91 bits per heavy atom. The van der Waals surface area contributed by atoms with Gasteiger partial charge < -0.3 is 10.1 Å². The van der Waals surface area contributed by atoms with Gasteiger partial charge in [-0.05, 0) is 61.4 Å². The highest BCUT2D eigenvalue weighted by molar-refractivity contribution is 6.04. The van der Waals surface area contributed by atoms with Gasteiger partial charge in [0.05, 0.1) is 11.6 Å². The Kier molecular flexibility index (Phi) is 6.23. The first-order valence-electron chi connectivity index (χ1n) is 11.0. The molecule has 2 aromatic heterocycles. The van der Waals surface area contributed by atoms with Gasteiger partial charge in [-0.2, -0.15) is 18.3 Å². The summed E-state index contributed by atoms with van der Waals surface area (Å²) in [5.41, 5.74) is 0.720. The van der Waals surface area contributed by atoms with Crippen molar-refractivity contribution in [3.05, 3.63) is 53.5 Å². The highest BCUT2D eigenvalue weighted by Crippen LogP contribution is 2.34. The molecule has 1 fully saturated rings. The van der Waals surface area contributed by atoms with Crippen molar-refractivity contribution >= 4 is 28.8 Å². The zero-order valence-corrected chi connectivity index (χ0v) is 18.4. The third-order valence-electron chi connectivity index (χ3n) is 6.14. The summed E-state index contributed by atoms with van der Waals surface area (Å²) in [5, 5.41) is 8.29.